The van der Waals surface area contributed by atoms with Gasteiger partial charge in [0.25, 0.3) is 0 Å². The van der Waals surface area contributed by atoms with E-state index in [0.717, 1.165) is 22.3 Å². The Bertz CT molecular complexity index is 1220. The zero-order valence-electron chi connectivity index (χ0n) is 22.0. The van der Waals surface area contributed by atoms with Gasteiger partial charge in [0.05, 0.1) is 13.2 Å². The van der Waals surface area contributed by atoms with Gasteiger partial charge in [-0.3, -0.25) is 0 Å². The summed E-state index contributed by atoms with van der Waals surface area (Å²) in [4.78, 5) is 0. The van der Waals surface area contributed by atoms with Gasteiger partial charge >= 0.3 is 0 Å². The molecular formula is C30H34O10. The second-order valence-corrected chi connectivity index (χ2v) is 10.1. The number of aryl methyl sites for hydroxylation is 2. The van der Waals surface area contributed by atoms with Crippen molar-refractivity contribution in [3.8, 4) is 34.8 Å². The van der Waals surface area contributed by atoms with E-state index >= 15 is 0 Å². The van der Waals surface area contributed by atoms with Gasteiger partial charge in [-0.25, -0.2) is 0 Å². The van der Waals surface area contributed by atoms with Gasteiger partial charge in [-0.2, -0.15) is 0 Å². The highest BCUT2D eigenvalue weighted by atomic mass is 16.5. The molecule has 10 atom stereocenters. The average molecular weight is 555 g/mol. The zero-order valence-corrected chi connectivity index (χ0v) is 22.0. The molecule has 8 N–H and O–H groups in total. The minimum absolute atomic E-state index is 0.519. The van der Waals surface area contributed by atoms with Crippen molar-refractivity contribution in [2.75, 3.05) is 13.2 Å². The van der Waals surface area contributed by atoms with Gasteiger partial charge in [0.1, 0.15) is 61.0 Å². The normalized spacial score (nSPS) is 33.9. The Labute approximate surface area is 232 Å². The molecule has 40 heavy (non-hydrogen) atoms. The molecule has 0 aliphatic carbocycles. The van der Waals surface area contributed by atoms with Gasteiger partial charge in [0, 0.05) is 11.1 Å². The first kappa shape index (κ1) is 30.1. The summed E-state index contributed by atoms with van der Waals surface area (Å²) >= 11 is 0. The van der Waals surface area contributed by atoms with Crippen molar-refractivity contribution < 1.29 is 50.3 Å². The van der Waals surface area contributed by atoms with Crippen LogP contribution in [0.2, 0.25) is 0 Å². The highest BCUT2D eigenvalue weighted by Crippen LogP contribution is 2.28. The molecule has 2 saturated heterocycles. The van der Waals surface area contributed by atoms with E-state index in [1.54, 1.807) is 0 Å². The van der Waals surface area contributed by atoms with Crippen molar-refractivity contribution in [1.82, 2.24) is 0 Å². The Morgan fingerprint density at radius 1 is 0.575 bits per heavy atom. The Kier molecular flexibility index (Phi) is 9.62. The molecule has 0 bridgehead atoms. The summed E-state index contributed by atoms with van der Waals surface area (Å²) in [5.74, 6) is 11.4. The first-order chi connectivity index (χ1) is 19.0. The second kappa shape index (κ2) is 12.8. The van der Waals surface area contributed by atoms with Gasteiger partial charge in [-0.05, 0) is 60.4 Å². The Hall–Kier alpha value is -2.84. The van der Waals surface area contributed by atoms with Crippen molar-refractivity contribution in [2.45, 2.75) is 74.9 Å². The van der Waals surface area contributed by atoms with E-state index in [0.29, 0.717) is 11.1 Å². The molecule has 0 saturated carbocycles. The molecule has 0 spiro atoms. The quantitative estimate of drug-likeness (QED) is 0.205. The summed E-state index contributed by atoms with van der Waals surface area (Å²) in [6.45, 7) is 2.82. The van der Waals surface area contributed by atoms with Crippen LogP contribution in [-0.2, 0) is 9.47 Å². The maximum absolute atomic E-state index is 10.2. The molecule has 4 rings (SSSR count). The molecular weight excluding hydrogens is 520 g/mol. The number of hydrogen-bond acceptors (Lipinski definition) is 10. The van der Waals surface area contributed by atoms with Gasteiger partial charge in [-0.1, -0.05) is 35.8 Å². The topological polar surface area (TPSA) is 180 Å². The monoisotopic (exact) mass is 554 g/mol. The molecule has 0 amide bonds. The van der Waals surface area contributed by atoms with Gasteiger partial charge in [0.2, 0.25) is 0 Å². The van der Waals surface area contributed by atoms with Crippen molar-refractivity contribution in [2.24, 2.45) is 0 Å². The summed E-state index contributed by atoms with van der Waals surface area (Å²) in [5, 5.41) is 78.8. The summed E-state index contributed by atoms with van der Waals surface area (Å²) in [7, 11) is 0. The molecule has 2 aliphatic heterocycles. The van der Waals surface area contributed by atoms with E-state index in [9.17, 15) is 40.9 Å². The minimum atomic E-state index is -1.48. The summed E-state index contributed by atoms with van der Waals surface area (Å²) in [6.07, 6.45) is -12.9. The minimum Gasteiger partial charge on any atom is -0.394 e. The van der Waals surface area contributed by atoms with Crippen molar-refractivity contribution in [1.29, 1.82) is 0 Å². The highest BCUT2D eigenvalue weighted by Gasteiger charge is 2.43. The number of aliphatic hydroxyl groups excluding tert-OH is 8. The number of hydrogen-bond donors (Lipinski definition) is 8. The lowest BCUT2D eigenvalue weighted by Crippen LogP contribution is -2.58. The molecule has 2 aliphatic rings. The molecule has 2 aromatic rings. The third-order valence-corrected chi connectivity index (χ3v) is 7.25. The SMILES string of the molecule is Cc1cc(C#C[C@H]2O[C@H](CO)[C@@H](O)[C@H](O)[C@@H]2O)ccc1-c1ccc(C#C[C@H]2O[C@H](CO)[C@@H](O)[C@H](O)[C@@H]2O)cc1C. The Morgan fingerprint density at radius 2 is 0.950 bits per heavy atom. The van der Waals surface area contributed by atoms with Crippen molar-refractivity contribution >= 4 is 0 Å². The lowest BCUT2D eigenvalue weighted by Gasteiger charge is -2.37. The first-order valence-electron chi connectivity index (χ1n) is 12.9. The standard InChI is InChI=1S/C30H34O10/c1-15-11-17(5-9-21-25(33)29(37)27(35)23(13-31)39-21)3-7-19(15)20-8-4-18(12-16(20)2)6-10-22-26(34)30(38)28(36)24(14-32)40-22/h3-4,7-8,11-12,21-38H,13-14H2,1-2H3/t21-,22-,23-,24-,25-,26-,27-,28-,29-,30-/m1/s1. The largest absolute Gasteiger partial charge is 0.394 e. The zero-order chi connectivity index (χ0) is 29.1. The second-order valence-electron chi connectivity index (χ2n) is 10.1. The van der Waals surface area contributed by atoms with E-state index in [1.807, 2.05) is 50.2 Å². The molecule has 0 radical (unpaired) electrons. The maximum atomic E-state index is 10.2. The molecule has 2 heterocycles. The maximum Gasteiger partial charge on any atom is 0.147 e. The molecule has 2 aromatic carbocycles. The summed E-state index contributed by atoms with van der Waals surface area (Å²) in [6, 6.07) is 11.2. The molecule has 0 aromatic heterocycles. The summed E-state index contributed by atoms with van der Waals surface area (Å²) < 4.78 is 10.9. The van der Waals surface area contributed by atoms with Crippen LogP contribution in [0.5, 0.6) is 0 Å². The van der Waals surface area contributed by atoms with E-state index in [1.165, 1.54) is 0 Å². The van der Waals surface area contributed by atoms with E-state index in [4.69, 9.17) is 9.47 Å². The van der Waals surface area contributed by atoms with Crippen LogP contribution < -0.4 is 0 Å². The van der Waals surface area contributed by atoms with Crippen LogP contribution in [0, 0.1) is 37.5 Å². The number of aliphatic hydroxyl groups is 8. The molecule has 2 fully saturated rings. The van der Waals surface area contributed by atoms with Gasteiger partial charge < -0.3 is 50.3 Å². The fraction of sp³-hybridized carbons (Fsp3) is 0.467. The van der Waals surface area contributed by atoms with E-state index in [2.05, 4.69) is 23.7 Å². The highest BCUT2D eigenvalue weighted by molar-refractivity contribution is 5.72. The number of benzene rings is 2. The van der Waals surface area contributed by atoms with Crippen LogP contribution in [0.1, 0.15) is 22.3 Å². The third kappa shape index (κ3) is 6.23. The predicted octanol–water partition coefficient (Wildman–Crippen LogP) is -1.64. The van der Waals surface area contributed by atoms with Crippen LogP contribution in [0.3, 0.4) is 0 Å². The van der Waals surface area contributed by atoms with Crippen LogP contribution in [-0.4, -0.2) is 115 Å². The molecule has 10 heteroatoms. The van der Waals surface area contributed by atoms with Crippen LogP contribution in [0.15, 0.2) is 36.4 Å². The van der Waals surface area contributed by atoms with Crippen molar-refractivity contribution in [3.05, 3.63) is 58.7 Å². The Morgan fingerprint density at radius 3 is 1.27 bits per heavy atom. The van der Waals surface area contributed by atoms with Crippen LogP contribution >= 0.6 is 0 Å². The molecule has 0 unspecified atom stereocenters. The van der Waals surface area contributed by atoms with E-state index in [-0.39, 0.29) is 0 Å². The lowest BCUT2D eigenvalue weighted by molar-refractivity contribution is -0.214. The van der Waals surface area contributed by atoms with Gasteiger partial charge in [-0.15, -0.1) is 0 Å². The fourth-order valence-electron chi connectivity index (χ4n) is 4.84. The Balaban J connectivity index is 1.50. The smallest absolute Gasteiger partial charge is 0.147 e. The molecule has 214 valence electrons. The van der Waals surface area contributed by atoms with Gasteiger partial charge in [0.15, 0.2) is 0 Å². The number of rotatable bonds is 3. The number of ether oxygens (including phenoxy) is 2. The van der Waals surface area contributed by atoms with E-state index < -0.39 is 74.3 Å². The predicted molar refractivity (Wildman–Crippen MR) is 143 cm³/mol. The van der Waals surface area contributed by atoms with Crippen LogP contribution in [0.25, 0.3) is 11.1 Å². The first-order valence-corrected chi connectivity index (χ1v) is 12.9. The van der Waals surface area contributed by atoms with Crippen LogP contribution in [0.4, 0.5) is 0 Å². The lowest BCUT2D eigenvalue weighted by atomic mass is 9.93. The summed E-state index contributed by atoms with van der Waals surface area (Å²) in [5.41, 5.74) is 5.09. The molecule has 10 nitrogen and oxygen atoms in total. The van der Waals surface area contributed by atoms with Crippen molar-refractivity contribution in [3.63, 3.8) is 0 Å². The fourth-order valence-corrected chi connectivity index (χ4v) is 4.84. The third-order valence-electron chi connectivity index (χ3n) is 7.25. The average Bonchev–Trinajstić information content (AvgIpc) is 2.94.